The molecule has 0 unspecified atom stereocenters. The van der Waals surface area contributed by atoms with Crippen molar-refractivity contribution in [3.05, 3.63) is 0 Å². The molecule has 3 nitrogen and oxygen atoms in total. The quantitative estimate of drug-likeness (QED) is 0.525. The number of halogens is 1. The minimum atomic E-state index is -2.99. The van der Waals surface area contributed by atoms with Gasteiger partial charge in [0.1, 0.15) is 0 Å². The first-order valence-corrected chi connectivity index (χ1v) is 6.86. The summed E-state index contributed by atoms with van der Waals surface area (Å²) >= 11 is 5.47. The van der Waals surface area contributed by atoms with Gasteiger partial charge in [-0.05, 0) is 31.6 Å². The minimum Gasteiger partial charge on any atom is -0.215 e. The van der Waals surface area contributed by atoms with Crippen LogP contribution in [0.5, 0.6) is 0 Å². The fourth-order valence-corrected chi connectivity index (χ4v) is 2.82. The Balaban J connectivity index is 2.10. The van der Waals surface area contributed by atoms with Gasteiger partial charge in [0.05, 0.1) is 5.75 Å². The van der Waals surface area contributed by atoms with Gasteiger partial charge in [0.25, 0.3) is 0 Å². The van der Waals surface area contributed by atoms with Crippen molar-refractivity contribution in [2.75, 3.05) is 18.2 Å². The number of sulfonamides is 1. The van der Waals surface area contributed by atoms with Gasteiger partial charge in [-0.2, -0.15) is 0 Å². The van der Waals surface area contributed by atoms with E-state index in [9.17, 15) is 8.42 Å². The zero-order chi connectivity index (χ0) is 9.73. The van der Waals surface area contributed by atoms with Crippen LogP contribution >= 0.6 is 11.6 Å². The molecule has 78 valence electrons. The second-order valence-electron chi connectivity index (χ2n) is 3.52. The van der Waals surface area contributed by atoms with Crippen molar-refractivity contribution < 1.29 is 8.42 Å². The number of hydrogen-bond acceptors (Lipinski definition) is 2. The van der Waals surface area contributed by atoms with E-state index in [4.69, 9.17) is 11.6 Å². The van der Waals surface area contributed by atoms with Crippen LogP contribution in [0.3, 0.4) is 0 Å². The lowest BCUT2D eigenvalue weighted by molar-refractivity contribution is 0.574. The van der Waals surface area contributed by atoms with Crippen molar-refractivity contribution in [3.63, 3.8) is 0 Å². The number of rotatable bonds is 7. The Hall–Kier alpha value is 0.200. The summed E-state index contributed by atoms with van der Waals surface area (Å²) in [6.45, 7) is 0.530. The average Bonchev–Trinajstić information content (AvgIpc) is 2.81. The Morgan fingerprint density at radius 2 is 2.00 bits per heavy atom. The highest BCUT2D eigenvalue weighted by atomic mass is 35.5. The normalized spacial score (nSPS) is 17.6. The van der Waals surface area contributed by atoms with Crippen LogP contribution in [0.4, 0.5) is 0 Å². The Morgan fingerprint density at radius 3 is 2.54 bits per heavy atom. The first-order chi connectivity index (χ1) is 6.14. The van der Waals surface area contributed by atoms with Crippen LogP contribution in [0.1, 0.15) is 25.7 Å². The third-order valence-electron chi connectivity index (χ3n) is 2.03. The molecule has 1 rings (SSSR count). The molecule has 1 fully saturated rings. The molecule has 0 saturated heterocycles. The lowest BCUT2D eigenvalue weighted by Crippen LogP contribution is -2.28. The highest BCUT2D eigenvalue weighted by molar-refractivity contribution is 7.89. The maximum absolute atomic E-state index is 11.3. The van der Waals surface area contributed by atoms with E-state index in [0.29, 0.717) is 24.1 Å². The highest BCUT2D eigenvalue weighted by Gasteiger charge is 2.27. The fourth-order valence-electron chi connectivity index (χ4n) is 1.10. The lowest BCUT2D eigenvalue weighted by atomic mass is 10.3. The van der Waals surface area contributed by atoms with Crippen molar-refractivity contribution in [1.29, 1.82) is 0 Å². The van der Waals surface area contributed by atoms with E-state index < -0.39 is 10.0 Å². The predicted molar refractivity (Wildman–Crippen MR) is 54.5 cm³/mol. The zero-order valence-electron chi connectivity index (χ0n) is 7.63. The van der Waals surface area contributed by atoms with Gasteiger partial charge in [-0.3, -0.25) is 0 Å². The molecule has 0 atom stereocenters. The molecule has 0 aliphatic heterocycles. The van der Waals surface area contributed by atoms with Gasteiger partial charge in [0, 0.05) is 12.4 Å². The Bertz CT molecular complexity index is 237. The molecule has 0 bridgehead atoms. The molecular weight excluding hydrogens is 210 g/mol. The number of nitrogens with one attached hydrogen (secondary N) is 1. The predicted octanol–water partition coefficient (Wildman–Crippen LogP) is 1.33. The van der Waals surface area contributed by atoms with Crippen molar-refractivity contribution in [3.8, 4) is 0 Å². The summed E-state index contributed by atoms with van der Waals surface area (Å²) in [4.78, 5) is 0. The summed E-state index contributed by atoms with van der Waals surface area (Å²) in [5.41, 5.74) is 0. The van der Waals surface area contributed by atoms with E-state index in [1.165, 1.54) is 0 Å². The summed E-state index contributed by atoms with van der Waals surface area (Å²) < 4.78 is 25.2. The third kappa shape index (κ3) is 5.49. The van der Waals surface area contributed by atoms with Gasteiger partial charge < -0.3 is 0 Å². The lowest BCUT2D eigenvalue weighted by Gasteiger charge is -2.04. The van der Waals surface area contributed by atoms with E-state index in [1.54, 1.807) is 0 Å². The monoisotopic (exact) mass is 225 g/mol. The van der Waals surface area contributed by atoms with Crippen LogP contribution < -0.4 is 4.72 Å². The largest absolute Gasteiger partial charge is 0.215 e. The van der Waals surface area contributed by atoms with Crippen LogP contribution in [-0.2, 0) is 10.0 Å². The van der Waals surface area contributed by atoms with Crippen molar-refractivity contribution >= 4 is 21.6 Å². The van der Waals surface area contributed by atoms with E-state index >= 15 is 0 Å². The van der Waals surface area contributed by atoms with Gasteiger partial charge in [-0.25, -0.2) is 13.1 Å². The maximum atomic E-state index is 11.3. The van der Waals surface area contributed by atoms with E-state index in [0.717, 1.165) is 25.7 Å². The number of alkyl halides is 1. The minimum absolute atomic E-state index is 0.313. The van der Waals surface area contributed by atoms with Gasteiger partial charge in [-0.1, -0.05) is 0 Å². The highest BCUT2D eigenvalue weighted by Crippen LogP contribution is 2.29. The van der Waals surface area contributed by atoms with Crippen molar-refractivity contribution in [2.24, 2.45) is 5.92 Å². The van der Waals surface area contributed by atoms with E-state index in [2.05, 4.69) is 4.72 Å². The third-order valence-corrected chi connectivity index (χ3v) is 3.86. The standard InChI is InChI=1S/C8H16ClNO2S/c9-5-1-2-6-10-13(11,12)7-8-3-4-8/h8,10H,1-7H2. The smallest absolute Gasteiger partial charge is 0.211 e. The second kappa shape index (κ2) is 5.17. The maximum Gasteiger partial charge on any atom is 0.211 e. The van der Waals surface area contributed by atoms with E-state index in [1.807, 2.05) is 0 Å². The molecule has 0 spiro atoms. The summed E-state index contributed by atoms with van der Waals surface area (Å²) in [5.74, 6) is 1.34. The van der Waals surface area contributed by atoms with Gasteiger partial charge >= 0.3 is 0 Å². The Morgan fingerprint density at radius 1 is 1.31 bits per heavy atom. The van der Waals surface area contributed by atoms with Crippen molar-refractivity contribution in [1.82, 2.24) is 4.72 Å². The molecule has 5 heteroatoms. The molecule has 0 amide bonds. The van der Waals surface area contributed by atoms with Crippen LogP contribution in [-0.4, -0.2) is 26.6 Å². The van der Waals surface area contributed by atoms with Crippen LogP contribution in [0.15, 0.2) is 0 Å². The van der Waals surface area contributed by atoms with Crippen LogP contribution in [0.25, 0.3) is 0 Å². The molecule has 0 heterocycles. The molecule has 1 aliphatic carbocycles. The van der Waals surface area contributed by atoms with Crippen molar-refractivity contribution in [2.45, 2.75) is 25.7 Å². The first-order valence-electron chi connectivity index (χ1n) is 4.67. The molecule has 1 aliphatic rings. The average molecular weight is 226 g/mol. The molecule has 1 N–H and O–H groups in total. The number of hydrogen-bond donors (Lipinski definition) is 1. The molecule has 0 aromatic rings. The van der Waals surface area contributed by atoms with Gasteiger partial charge in [0.2, 0.25) is 10.0 Å². The topological polar surface area (TPSA) is 46.2 Å². The first kappa shape index (κ1) is 11.3. The molecular formula is C8H16ClNO2S. The van der Waals surface area contributed by atoms with Crippen LogP contribution in [0.2, 0.25) is 0 Å². The molecule has 0 radical (unpaired) electrons. The van der Waals surface area contributed by atoms with Crippen LogP contribution in [0, 0.1) is 5.92 Å². The van der Waals surface area contributed by atoms with Gasteiger partial charge in [-0.15, -0.1) is 11.6 Å². The Labute approximate surface area is 84.9 Å². The zero-order valence-corrected chi connectivity index (χ0v) is 9.20. The van der Waals surface area contributed by atoms with E-state index in [-0.39, 0.29) is 0 Å². The number of unbranched alkanes of at least 4 members (excludes halogenated alkanes) is 1. The molecule has 13 heavy (non-hydrogen) atoms. The molecule has 0 aromatic heterocycles. The summed E-state index contributed by atoms with van der Waals surface area (Å²) in [6.07, 6.45) is 3.84. The summed E-state index contributed by atoms with van der Waals surface area (Å²) in [6, 6.07) is 0. The fraction of sp³-hybridized carbons (Fsp3) is 1.00. The molecule has 0 aromatic carbocycles. The SMILES string of the molecule is O=S(=O)(CC1CC1)NCCCCCl. The second-order valence-corrected chi connectivity index (χ2v) is 5.74. The summed E-state index contributed by atoms with van der Waals surface area (Å²) in [7, 11) is -2.99. The molecule has 1 saturated carbocycles. The Kier molecular flexibility index (Phi) is 4.49. The summed E-state index contributed by atoms with van der Waals surface area (Å²) in [5, 5.41) is 0. The van der Waals surface area contributed by atoms with Gasteiger partial charge in [0.15, 0.2) is 0 Å².